The van der Waals surface area contributed by atoms with Crippen LogP contribution in [-0.2, 0) is 10.2 Å². The summed E-state index contributed by atoms with van der Waals surface area (Å²) in [7, 11) is 1.31. The van der Waals surface area contributed by atoms with Gasteiger partial charge in [-0.05, 0) is 0 Å². The minimum atomic E-state index is -0.518. The maximum atomic E-state index is 11.4. The maximum absolute atomic E-state index is 11.4. The van der Waals surface area contributed by atoms with Gasteiger partial charge >= 0.3 is 5.97 Å². The van der Waals surface area contributed by atoms with Crippen molar-refractivity contribution in [2.45, 2.75) is 26.2 Å². The van der Waals surface area contributed by atoms with Gasteiger partial charge in [-0.3, -0.25) is 4.98 Å². The number of ether oxygens (including phenoxy) is 1. The molecular formula is C13H16N4O2S. The number of carbonyl (C=O) groups is 1. The van der Waals surface area contributed by atoms with Crippen molar-refractivity contribution in [2.75, 3.05) is 12.4 Å². The highest BCUT2D eigenvalue weighted by molar-refractivity contribution is 7.13. The second-order valence-corrected chi connectivity index (χ2v) is 6.05. The molecule has 0 fully saturated rings. The lowest BCUT2D eigenvalue weighted by molar-refractivity contribution is 0.0593. The van der Waals surface area contributed by atoms with Gasteiger partial charge in [0.15, 0.2) is 16.6 Å². The lowest BCUT2D eigenvalue weighted by Gasteiger charge is -2.14. The van der Waals surface area contributed by atoms with Gasteiger partial charge in [0.1, 0.15) is 0 Å². The summed E-state index contributed by atoms with van der Waals surface area (Å²) in [6.07, 6.45) is 2.89. The summed E-state index contributed by atoms with van der Waals surface area (Å²) in [6.45, 7) is 6.30. The molecule has 2 rings (SSSR count). The number of methoxy groups -OCH3 is 1. The Kier molecular flexibility index (Phi) is 3.99. The van der Waals surface area contributed by atoms with Crippen LogP contribution in [0.3, 0.4) is 0 Å². The van der Waals surface area contributed by atoms with Crippen LogP contribution in [-0.4, -0.2) is 28.0 Å². The maximum Gasteiger partial charge on any atom is 0.358 e. The molecule has 106 valence electrons. The molecule has 0 radical (unpaired) electrons. The van der Waals surface area contributed by atoms with Crippen LogP contribution in [0.4, 0.5) is 10.9 Å². The van der Waals surface area contributed by atoms with Crippen molar-refractivity contribution in [1.82, 2.24) is 15.0 Å². The van der Waals surface area contributed by atoms with Crippen molar-refractivity contribution in [3.8, 4) is 0 Å². The van der Waals surface area contributed by atoms with E-state index in [0.29, 0.717) is 10.9 Å². The predicted octanol–water partition coefficient (Wildman–Crippen LogP) is 2.76. The van der Waals surface area contributed by atoms with E-state index in [-0.39, 0.29) is 11.1 Å². The molecule has 20 heavy (non-hydrogen) atoms. The van der Waals surface area contributed by atoms with Gasteiger partial charge in [-0.1, -0.05) is 20.8 Å². The van der Waals surface area contributed by atoms with Crippen molar-refractivity contribution in [3.63, 3.8) is 0 Å². The van der Waals surface area contributed by atoms with Crippen molar-refractivity contribution in [3.05, 3.63) is 29.2 Å². The average molecular weight is 292 g/mol. The molecule has 0 aliphatic carbocycles. The highest BCUT2D eigenvalue weighted by Gasteiger charge is 2.17. The number of anilines is 2. The third-order valence-electron chi connectivity index (χ3n) is 2.54. The Morgan fingerprint density at radius 3 is 2.65 bits per heavy atom. The number of thiazole rings is 1. The summed E-state index contributed by atoms with van der Waals surface area (Å²) >= 11 is 1.49. The highest BCUT2D eigenvalue weighted by Crippen LogP contribution is 2.27. The standard InChI is InChI=1S/C13H16N4O2S/c1-13(2,3)9-7-20-12(16-9)17-10-6-14-5-8(15-10)11(18)19-4/h5-7H,1-4H3,(H,15,16,17). The zero-order chi connectivity index (χ0) is 14.8. The number of hydrogen-bond acceptors (Lipinski definition) is 7. The minimum Gasteiger partial charge on any atom is -0.464 e. The lowest BCUT2D eigenvalue weighted by atomic mass is 9.93. The van der Waals surface area contributed by atoms with Crippen LogP contribution in [0.1, 0.15) is 37.0 Å². The fraction of sp³-hybridized carbons (Fsp3) is 0.385. The van der Waals surface area contributed by atoms with Crippen molar-refractivity contribution in [2.24, 2.45) is 0 Å². The number of carbonyl (C=O) groups excluding carboxylic acids is 1. The van der Waals surface area contributed by atoms with Crippen LogP contribution in [0.15, 0.2) is 17.8 Å². The molecule has 0 aliphatic rings. The minimum absolute atomic E-state index is 0.00399. The van der Waals surface area contributed by atoms with E-state index in [2.05, 4.69) is 45.8 Å². The summed E-state index contributed by atoms with van der Waals surface area (Å²) in [5, 5.41) is 5.76. The molecule has 0 atom stereocenters. The fourth-order valence-electron chi connectivity index (χ4n) is 1.41. The first-order valence-corrected chi connectivity index (χ1v) is 6.91. The summed E-state index contributed by atoms with van der Waals surface area (Å²) in [5.41, 5.74) is 1.16. The molecular weight excluding hydrogens is 276 g/mol. The van der Waals surface area contributed by atoms with Gasteiger partial charge < -0.3 is 10.1 Å². The Bertz CT molecular complexity index is 619. The number of nitrogens with one attached hydrogen (secondary N) is 1. The molecule has 7 heteroatoms. The second-order valence-electron chi connectivity index (χ2n) is 5.19. The SMILES string of the molecule is COC(=O)c1cncc(Nc2nc(C(C)(C)C)cs2)n1. The zero-order valence-electron chi connectivity index (χ0n) is 11.8. The number of nitrogens with zero attached hydrogens (tertiary/aromatic N) is 3. The van der Waals surface area contributed by atoms with Gasteiger partial charge in [0.2, 0.25) is 0 Å². The van der Waals surface area contributed by atoms with Crippen LogP contribution in [0.2, 0.25) is 0 Å². The van der Waals surface area contributed by atoms with E-state index in [1.54, 1.807) is 0 Å². The summed E-state index contributed by atoms with van der Waals surface area (Å²) in [5.74, 6) is -0.0571. The number of hydrogen-bond donors (Lipinski definition) is 1. The number of esters is 1. The average Bonchev–Trinajstić information content (AvgIpc) is 2.86. The topological polar surface area (TPSA) is 77.0 Å². The van der Waals surface area contributed by atoms with Gasteiger partial charge in [0.25, 0.3) is 0 Å². The summed E-state index contributed by atoms with van der Waals surface area (Å²) < 4.78 is 4.61. The van der Waals surface area contributed by atoms with Crippen LogP contribution >= 0.6 is 11.3 Å². The third kappa shape index (κ3) is 3.30. The van der Waals surface area contributed by atoms with Gasteiger partial charge in [-0.2, -0.15) is 0 Å². The van der Waals surface area contributed by atoms with Gasteiger partial charge in [-0.15, -0.1) is 11.3 Å². The van der Waals surface area contributed by atoms with E-state index >= 15 is 0 Å². The predicted molar refractivity (Wildman–Crippen MR) is 77.5 cm³/mol. The van der Waals surface area contributed by atoms with Crippen molar-refractivity contribution in [1.29, 1.82) is 0 Å². The first kappa shape index (κ1) is 14.4. The molecule has 0 saturated carbocycles. The van der Waals surface area contributed by atoms with Crippen molar-refractivity contribution < 1.29 is 9.53 Å². The van der Waals surface area contributed by atoms with E-state index in [9.17, 15) is 4.79 Å². The first-order chi connectivity index (χ1) is 9.40. The molecule has 0 unspecified atom stereocenters. The molecule has 0 aliphatic heterocycles. The van der Waals surface area contributed by atoms with E-state index in [4.69, 9.17) is 0 Å². The van der Waals surface area contributed by atoms with Gasteiger partial charge in [0, 0.05) is 10.8 Å². The molecule has 0 bridgehead atoms. The van der Waals surface area contributed by atoms with Crippen molar-refractivity contribution >= 4 is 28.3 Å². The molecule has 1 N–H and O–H groups in total. The quantitative estimate of drug-likeness (QED) is 0.877. The Morgan fingerprint density at radius 1 is 1.30 bits per heavy atom. The highest BCUT2D eigenvalue weighted by atomic mass is 32.1. The van der Waals surface area contributed by atoms with E-state index in [1.807, 2.05) is 5.38 Å². The molecule has 2 aromatic rings. The van der Waals surface area contributed by atoms with E-state index < -0.39 is 5.97 Å². The Hall–Kier alpha value is -2.02. The van der Waals surface area contributed by atoms with Crippen LogP contribution < -0.4 is 5.32 Å². The monoisotopic (exact) mass is 292 g/mol. The summed E-state index contributed by atoms with van der Waals surface area (Å²) in [6, 6.07) is 0. The van der Waals surface area contributed by atoms with Crippen LogP contribution in [0.5, 0.6) is 0 Å². The number of rotatable bonds is 3. The Balaban J connectivity index is 2.18. The molecule has 2 aromatic heterocycles. The molecule has 0 saturated heterocycles. The van der Waals surface area contributed by atoms with E-state index in [1.165, 1.54) is 30.8 Å². The van der Waals surface area contributed by atoms with Gasteiger partial charge in [0.05, 0.1) is 25.2 Å². The number of aromatic nitrogens is 3. The van der Waals surface area contributed by atoms with Crippen LogP contribution in [0.25, 0.3) is 0 Å². The largest absolute Gasteiger partial charge is 0.464 e. The first-order valence-electron chi connectivity index (χ1n) is 6.03. The fourth-order valence-corrected chi connectivity index (χ4v) is 2.36. The zero-order valence-corrected chi connectivity index (χ0v) is 12.6. The normalized spacial score (nSPS) is 11.2. The third-order valence-corrected chi connectivity index (χ3v) is 3.29. The van der Waals surface area contributed by atoms with Gasteiger partial charge in [-0.25, -0.2) is 14.8 Å². The van der Waals surface area contributed by atoms with Crippen LogP contribution in [0, 0.1) is 0 Å². The molecule has 0 aromatic carbocycles. The smallest absolute Gasteiger partial charge is 0.358 e. The Morgan fingerprint density at radius 2 is 2.05 bits per heavy atom. The molecule has 2 heterocycles. The molecule has 0 amide bonds. The summed E-state index contributed by atoms with van der Waals surface area (Å²) in [4.78, 5) is 24.0. The molecule has 6 nitrogen and oxygen atoms in total. The lowest BCUT2D eigenvalue weighted by Crippen LogP contribution is -2.11. The Labute approximate surface area is 121 Å². The molecule has 0 spiro atoms. The second kappa shape index (κ2) is 5.54. The van der Waals surface area contributed by atoms with E-state index in [0.717, 1.165) is 5.69 Å².